The molecule has 1 saturated heterocycles. The zero-order valence-electron chi connectivity index (χ0n) is 6.20. The van der Waals surface area contributed by atoms with Crippen molar-refractivity contribution in [2.24, 2.45) is 0 Å². The van der Waals surface area contributed by atoms with Crippen LogP contribution >= 0.6 is 7.60 Å². The zero-order chi connectivity index (χ0) is 9.35. The molecule has 1 aliphatic heterocycles. The van der Waals surface area contributed by atoms with Gasteiger partial charge in [0.2, 0.25) is 0 Å². The van der Waals surface area contributed by atoms with Gasteiger partial charge in [-0.1, -0.05) is 0 Å². The van der Waals surface area contributed by atoms with Gasteiger partial charge in [0.25, 0.3) is 0 Å². The third kappa shape index (κ3) is 2.04. The lowest BCUT2D eigenvalue weighted by Crippen LogP contribution is -2.46. The number of aliphatic hydroxyl groups is 3. The van der Waals surface area contributed by atoms with E-state index >= 15 is 0 Å². The molecule has 4 N–H and O–H groups in total. The summed E-state index contributed by atoms with van der Waals surface area (Å²) >= 11 is 0. The average Bonchev–Trinajstić information content (AvgIpc) is 1.96. The third-order valence-electron chi connectivity index (χ3n) is 1.67. The van der Waals surface area contributed by atoms with Crippen LogP contribution in [-0.2, 0) is 9.09 Å². The third-order valence-corrected chi connectivity index (χ3v) is 3.11. The molecule has 0 saturated carbocycles. The lowest BCUT2D eigenvalue weighted by Gasteiger charge is -2.33. The minimum Gasteiger partial charge on any atom is -0.394 e. The lowest BCUT2D eigenvalue weighted by atomic mass is 10.1. The van der Waals surface area contributed by atoms with E-state index in [1.54, 1.807) is 0 Å². The van der Waals surface area contributed by atoms with Crippen molar-refractivity contribution in [1.29, 1.82) is 0 Å². The van der Waals surface area contributed by atoms with Crippen LogP contribution < -0.4 is 0 Å². The standard InChI is InChI=1S/C5H11O6P/c6-1-4-5(8)3(7)2-12(9,10)11-4/h3-8H,1-2H2,(H,9,10)/t3-,4+,5-/m0/s1. The van der Waals surface area contributed by atoms with E-state index in [1.165, 1.54) is 0 Å². The number of hydrogen-bond donors (Lipinski definition) is 4. The van der Waals surface area contributed by atoms with Gasteiger partial charge in [-0.3, -0.25) is 9.09 Å². The van der Waals surface area contributed by atoms with E-state index < -0.39 is 38.7 Å². The number of hydrogen-bond acceptors (Lipinski definition) is 5. The second-order valence-corrected chi connectivity index (χ2v) is 4.56. The summed E-state index contributed by atoms with van der Waals surface area (Å²) in [6.07, 6.45) is -4.29. The van der Waals surface area contributed by atoms with Gasteiger partial charge in [0.15, 0.2) is 0 Å². The molecule has 0 radical (unpaired) electrons. The molecule has 0 aromatic rings. The number of rotatable bonds is 1. The Hall–Kier alpha value is 0.0300. The summed E-state index contributed by atoms with van der Waals surface area (Å²) in [4.78, 5) is 8.92. The minimum atomic E-state index is -3.82. The van der Waals surface area contributed by atoms with Crippen molar-refractivity contribution in [1.82, 2.24) is 0 Å². The summed E-state index contributed by atoms with van der Waals surface area (Å²) in [6.45, 7) is -0.594. The fourth-order valence-electron chi connectivity index (χ4n) is 1.05. The first-order valence-corrected chi connectivity index (χ1v) is 5.20. The molecule has 0 aliphatic carbocycles. The zero-order valence-corrected chi connectivity index (χ0v) is 7.09. The quantitative estimate of drug-likeness (QED) is 0.373. The Balaban J connectivity index is 2.71. The van der Waals surface area contributed by atoms with Crippen LogP contribution in [0.3, 0.4) is 0 Å². The molecule has 1 fully saturated rings. The van der Waals surface area contributed by atoms with E-state index in [4.69, 9.17) is 20.2 Å². The Morgan fingerprint density at radius 3 is 2.58 bits per heavy atom. The molecule has 1 unspecified atom stereocenters. The van der Waals surface area contributed by atoms with Gasteiger partial charge in [-0.25, -0.2) is 0 Å². The topological polar surface area (TPSA) is 107 Å². The molecule has 0 amide bonds. The maximum Gasteiger partial charge on any atom is 0.331 e. The molecule has 7 heteroatoms. The number of aliphatic hydroxyl groups excluding tert-OH is 3. The fraction of sp³-hybridized carbons (Fsp3) is 1.00. The maximum absolute atomic E-state index is 10.9. The van der Waals surface area contributed by atoms with Gasteiger partial charge < -0.3 is 20.2 Å². The fourth-order valence-corrected chi connectivity index (χ4v) is 2.44. The van der Waals surface area contributed by atoms with Gasteiger partial charge >= 0.3 is 7.60 Å². The molecule has 1 rings (SSSR count). The SMILES string of the molecule is O=P1(O)C[C@H](O)[C@H](O)[C@@H](CO)O1. The van der Waals surface area contributed by atoms with Crippen LogP contribution in [0.15, 0.2) is 0 Å². The summed E-state index contributed by atoms with van der Waals surface area (Å²) < 4.78 is 15.4. The predicted molar refractivity (Wildman–Crippen MR) is 38.7 cm³/mol. The van der Waals surface area contributed by atoms with Crippen molar-refractivity contribution in [2.75, 3.05) is 12.8 Å². The van der Waals surface area contributed by atoms with Crippen molar-refractivity contribution in [3.05, 3.63) is 0 Å². The first kappa shape index (κ1) is 10.1. The van der Waals surface area contributed by atoms with E-state index in [0.717, 1.165) is 0 Å². The molecule has 1 aliphatic rings. The van der Waals surface area contributed by atoms with Gasteiger partial charge in [0.1, 0.15) is 12.2 Å². The van der Waals surface area contributed by atoms with Gasteiger partial charge in [-0.05, 0) is 0 Å². The summed E-state index contributed by atoms with van der Waals surface area (Å²) in [5.74, 6) is 0. The summed E-state index contributed by atoms with van der Waals surface area (Å²) in [7, 11) is -3.82. The first-order valence-electron chi connectivity index (χ1n) is 3.43. The first-order chi connectivity index (χ1) is 5.46. The highest BCUT2D eigenvalue weighted by molar-refractivity contribution is 7.52. The molecule has 4 atom stereocenters. The Kier molecular flexibility index (Phi) is 2.88. The van der Waals surface area contributed by atoms with Crippen LogP contribution in [0.5, 0.6) is 0 Å². The molecule has 72 valence electrons. The summed E-state index contributed by atoms with van der Waals surface area (Å²) in [6, 6.07) is 0. The van der Waals surface area contributed by atoms with Crippen LogP contribution in [0, 0.1) is 0 Å². The van der Waals surface area contributed by atoms with Gasteiger partial charge in [-0.2, -0.15) is 0 Å². The summed E-state index contributed by atoms with van der Waals surface area (Å²) in [5, 5.41) is 26.7. The van der Waals surface area contributed by atoms with Gasteiger partial charge in [0, 0.05) is 0 Å². The van der Waals surface area contributed by atoms with E-state index in [9.17, 15) is 4.57 Å². The van der Waals surface area contributed by atoms with E-state index in [-0.39, 0.29) is 0 Å². The lowest BCUT2D eigenvalue weighted by molar-refractivity contribution is -0.0782. The molecule has 0 aromatic carbocycles. The minimum absolute atomic E-state index is 0.495. The average molecular weight is 198 g/mol. The Morgan fingerprint density at radius 1 is 1.50 bits per heavy atom. The van der Waals surface area contributed by atoms with Crippen LogP contribution in [-0.4, -0.2) is 51.3 Å². The largest absolute Gasteiger partial charge is 0.394 e. The second-order valence-electron chi connectivity index (χ2n) is 2.70. The van der Waals surface area contributed by atoms with Crippen molar-refractivity contribution >= 4 is 7.60 Å². The van der Waals surface area contributed by atoms with Crippen molar-refractivity contribution in [3.63, 3.8) is 0 Å². The molecule has 0 bridgehead atoms. The van der Waals surface area contributed by atoms with Crippen molar-refractivity contribution in [3.8, 4) is 0 Å². The highest BCUT2D eigenvalue weighted by atomic mass is 31.2. The Bertz CT molecular complexity index is 206. The normalized spacial score (nSPS) is 49.2. The smallest absolute Gasteiger partial charge is 0.331 e. The van der Waals surface area contributed by atoms with Crippen molar-refractivity contribution < 1.29 is 29.3 Å². The molecule has 0 aromatic heterocycles. The molecule has 12 heavy (non-hydrogen) atoms. The van der Waals surface area contributed by atoms with Crippen LogP contribution in [0.25, 0.3) is 0 Å². The van der Waals surface area contributed by atoms with Gasteiger partial charge in [-0.15, -0.1) is 0 Å². The van der Waals surface area contributed by atoms with Crippen molar-refractivity contribution in [2.45, 2.75) is 18.3 Å². The van der Waals surface area contributed by atoms with E-state index in [0.29, 0.717) is 0 Å². The highest BCUT2D eigenvalue weighted by Crippen LogP contribution is 2.48. The summed E-state index contributed by atoms with van der Waals surface area (Å²) in [5.41, 5.74) is 0. The highest BCUT2D eigenvalue weighted by Gasteiger charge is 2.41. The maximum atomic E-state index is 10.9. The molecule has 6 nitrogen and oxygen atoms in total. The predicted octanol–water partition coefficient (Wildman–Crippen LogP) is -1.72. The monoisotopic (exact) mass is 198 g/mol. The molecular weight excluding hydrogens is 187 g/mol. The van der Waals surface area contributed by atoms with Crippen LogP contribution in [0.4, 0.5) is 0 Å². The van der Waals surface area contributed by atoms with Crippen LogP contribution in [0.2, 0.25) is 0 Å². The second kappa shape index (κ2) is 3.41. The molecule has 0 spiro atoms. The molecule has 1 heterocycles. The molecular formula is C5H11O6P. The Morgan fingerprint density at radius 2 is 2.08 bits per heavy atom. The van der Waals surface area contributed by atoms with E-state index in [1.807, 2.05) is 0 Å². The van der Waals surface area contributed by atoms with Crippen LogP contribution in [0.1, 0.15) is 0 Å². The van der Waals surface area contributed by atoms with Gasteiger partial charge in [0.05, 0.1) is 18.9 Å². The Labute approximate surface area is 68.9 Å². The van der Waals surface area contributed by atoms with E-state index in [2.05, 4.69) is 4.52 Å².